The highest BCUT2D eigenvalue weighted by atomic mass is 32.2. The summed E-state index contributed by atoms with van der Waals surface area (Å²) in [4.78, 5) is 15.3. The number of amides is 1. The highest BCUT2D eigenvalue weighted by molar-refractivity contribution is 7.92. The lowest BCUT2D eigenvalue weighted by Gasteiger charge is -2.30. The van der Waals surface area contributed by atoms with Crippen LogP contribution in [0.1, 0.15) is 46.8 Å². The maximum absolute atomic E-state index is 12.8. The standard InChI is InChI=1S/C28H33N3O3S/c1-20-15-17-31(18-16-20)19-23-7-9-24(10-8-23)28(32)29-25-11-13-26(14-12-25)35(33,34)30-27-21(2)5-4-6-22(27)3/h4-14,20,30H,15-19H2,1-3H3,(H,29,32). The van der Waals surface area contributed by atoms with Crippen molar-refractivity contribution in [2.45, 2.75) is 45.1 Å². The van der Waals surface area contributed by atoms with E-state index in [1.54, 1.807) is 12.1 Å². The van der Waals surface area contributed by atoms with Gasteiger partial charge in [0, 0.05) is 17.8 Å². The van der Waals surface area contributed by atoms with Crippen molar-refractivity contribution in [3.63, 3.8) is 0 Å². The second-order valence-electron chi connectivity index (χ2n) is 9.51. The molecule has 1 aliphatic heterocycles. The Morgan fingerprint density at radius 3 is 2.11 bits per heavy atom. The predicted octanol–water partition coefficient (Wildman–Crippen LogP) is 5.59. The van der Waals surface area contributed by atoms with Crippen LogP contribution in [-0.2, 0) is 16.6 Å². The number of carbonyl (C=O) groups excluding carboxylic acids is 1. The first-order valence-electron chi connectivity index (χ1n) is 12.0. The van der Waals surface area contributed by atoms with Gasteiger partial charge in [-0.3, -0.25) is 14.4 Å². The van der Waals surface area contributed by atoms with Crippen LogP contribution in [0.25, 0.3) is 0 Å². The van der Waals surface area contributed by atoms with Crippen molar-refractivity contribution in [1.29, 1.82) is 0 Å². The van der Waals surface area contributed by atoms with Crippen LogP contribution in [0.2, 0.25) is 0 Å². The molecule has 7 heteroatoms. The third kappa shape index (κ3) is 6.29. The molecule has 0 unspecified atom stereocenters. The normalized spacial score (nSPS) is 15.1. The summed E-state index contributed by atoms with van der Waals surface area (Å²) in [6.07, 6.45) is 2.48. The van der Waals surface area contributed by atoms with Crippen LogP contribution >= 0.6 is 0 Å². The van der Waals surface area contributed by atoms with Gasteiger partial charge in [0.15, 0.2) is 0 Å². The van der Waals surface area contributed by atoms with Gasteiger partial charge in [-0.15, -0.1) is 0 Å². The number of sulfonamides is 1. The average molecular weight is 492 g/mol. The lowest BCUT2D eigenvalue weighted by molar-refractivity contribution is 0.102. The number of para-hydroxylation sites is 1. The van der Waals surface area contributed by atoms with Crippen LogP contribution in [0.15, 0.2) is 71.6 Å². The average Bonchev–Trinajstić information content (AvgIpc) is 2.84. The minimum absolute atomic E-state index is 0.134. The quantitative estimate of drug-likeness (QED) is 0.452. The van der Waals surface area contributed by atoms with Gasteiger partial charge < -0.3 is 5.32 Å². The number of hydrogen-bond acceptors (Lipinski definition) is 4. The van der Waals surface area contributed by atoms with E-state index in [0.29, 0.717) is 16.9 Å². The van der Waals surface area contributed by atoms with Gasteiger partial charge in [0.1, 0.15) is 0 Å². The Balaban J connectivity index is 1.37. The number of aryl methyl sites for hydroxylation is 2. The molecule has 0 aliphatic carbocycles. The Morgan fingerprint density at radius 2 is 1.51 bits per heavy atom. The lowest BCUT2D eigenvalue weighted by Crippen LogP contribution is -2.32. The monoisotopic (exact) mass is 491 g/mol. The number of nitrogens with zero attached hydrogens (tertiary/aromatic N) is 1. The van der Waals surface area contributed by atoms with Crippen LogP contribution in [0.5, 0.6) is 0 Å². The van der Waals surface area contributed by atoms with E-state index in [4.69, 9.17) is 0 Å². The number of hydrogen-bond donors (Lipinski definition) is 2. The molecule has 2 N–H and O–H groups in total. The van der Waals surface area contributed by atoms with Crippen molar-refractivity contribution in [2.24, 2.45) is 5.92 Å². The molecule has 0 atom stereocenters. The SMILES string of the molecule is Cc1cccc(C)c1NS(=O)(=O)c1ccc(NC(=O)c2ccc(CN3CCC(C)CC3)cc2)cc1. The molecule has 0 radical (unpaired) electrons. The van der Waals surface area contributed by atoms with Gasteiger partial charge in [0.2, 0.25) is 0 Å². The molecule has 1 fully saturated rings. The zero-order chi connectivity index (χ0) is 25.0. The molecular weight excluding hydrogens is 458 g/mol. The predicted molar refractivity (Wildman–Crippen MR) is 141 cm³/mol. The molecule has 1 saturated heterocycles. The van der Waals surface area contributed by atoms with Gasteiger partial charge in [0.05, 0.1) is 10.6 Å². The molecule has 184 valence electrons. The molecule has 0 saturated carbocycles. The molecule has 1 amide bonds. The highest BCUT2D eigenvalue weighted by Gasteiger charge is 2.18. The molecule has 3 aromatic carbocycles. The van der Waals surface area contributed by atoms with Gasteiger partial charge in [-0.25, -0.2) is 8.42 Å². The summed E-state index contributed by atoms with van der Waals surface area (Å²) in [5.74, 6) is 0.577. The van der Waals surface area contributed by atoms with E-state index in [1.807, 2.05) is 56.3 Å². The van der Waals surface area contributed by atoms with Crippen molar-refractivity contribution in [3.05, 3.63) is 89.0 Å². The number of anilines is 2. The molecule has 0 spiro atoms. The number of piperidine rings is 1. The zero-order valence-corrected chi connectivity index (χ0v) is 21.4. The summed E-state index contributed by atoms with van der Waals surface area (Å²) < 4.78 is 28.4. The van der Waals surface area contributed by atoms with E-state index < -0.39 is 10.0 Å². The van der Waals surface area contributed by atoms with Crippen LogP contribution in [0.3, 0.4) is 0 Å². The van der Waals surface area contributed by atoms with E-state index in [9.17, 15) is 13.2 Å². The Labute approximate surface area is 208 Å². The first kappa shape index (κ1) is 24.9. The van der Waals surface area contributed by atoms with Crippen molar-refractivity contribution in [1.82, 2.24) is 4.90 Å². The van der Waals surface area contributed by atoms with Crippen molar-refractivity contribution in [2.75, 3.05) is 23.1 Å². The summed E-state index contributed by atoms with van der Waals surface area (Å²) >= 11 is 0. The van der Waals surface area contributed by atoms with Gasteiger partial charge in [-0.05, 0) is 98.8 Å². The number of benzene rings is 3. The molecule has 1 heterocycles. The van der Waals surface area contributed by atoms with Gasteiger partial charge in [-0.2, -0.15) is 0 Å². The van der Waals surface area contributed by atoms with E-state index in [-0.39, 0.29) is 10.8 Å². The van der Waals surface area contributed by atoms with Crippen molar-refractivity contribution < 1.29 is 13.2 Å². The molecular formula is C28H33N3O3S. The zero-order valence-electron chi connectivity index (χ0n) is 20.5. The summed E-state index contributed by atoms with van der Waals surface area (Å²) in [5.41, 5.74) is 4.59. The fraction of sp³-hybridized carbons (Fsp3) is 0.321. The lowest BCUT2D eigenvalue weighted by atomic mass is 9.99. The van der Waals surface area contributed by atoms with Gasteiger partial charge >= 0.3 is 0 Å². The Hall–Kier alpha value is -3.16. The van der Waals surface area contributed by atoms with Crippen LogP contribution in [0, 0.1) is 19.8 Å². The van der Waals surface area contributed by atoms with E-state index in [2.05, 4.69) is 21.9 Å². The molecule has 0 bridgehead atoms. The maximum Gasteiger partial charge on any atom is 0.261 e. The fourth-order valence-corrected chi connectivity index (χ4v) is 5.53. The fourth-order valence-electron chi connectivity index (χ4n) is 4.33. The summed E-state index contributed by atoms with van der Waals surface area (Å²) in [7, 11) is -3.74. The van der Waals surface area contributed by atoms with Crippen molar-refractivity contribution >= 4 is 27.3 Å². The second-order valence-corrected chi connectivity index (χ2v) is 11.2. The number of rotatable bonds is 7. The number of likely N-dealkylation sites (tertiary alicyclic amines) is 1. The van der Waals surface area contributed by atoms with Crippen LogP contribution < -0.4 is 10.0 Å². The summed E-state index contributed by atoms with van der Waals surface area (Å²) in [5, 5.41) is 2.85. The van der Waals surface area contributed by atoms with E-state index >= 15 is 0 Å². The van der Waals surface area contributed by atoms with Crippen LogP contribution in [-0.4, -0.2) is 32.3 Å². The largest absolute Gasteiger partial charge is 0.322 e. The second kappa shape index (κ2) is 10.6. The van der Waals surface area contributed by atoms with Gasteiger partial charge in [-0.1, -0.05) is 37.3 Å². The van der Waals surface area contributed by atoms with Crippen molar-refractivity contribution in [3.8, 4) is 0 Å². The number of nitrogens with one attached hydrogen (secondary N) is 2. The number of carbonyl (C=O) groups is 1. The Morgan fingerprint density at radius 1 is 0.914 bits per heavy atom. The smallest absolute Gasteiger partial charge is 0.261 e. The highest BCUT2D eigenvalue weighted by Crippen LogP contribution is 2.24. The molecule has 0 aromatic heterocycles. The van der Waals surface area contributed by atoms with Gasteiger partial charge in [0.25, 0.3) is 15.9 Å². The Bertz CT molecular complexity index is 1260. The molecule has 1 aliphatic rings. The first-order chi connectivity index (χ1) is 16.7. The molecule has 35 heavy (non-hydrogen) atoms. The minimum Gasteiger partial charge on any atom is -0.322 e. The maximum atomic E-state index is 12.8. The van der Waals surface area contributed by atoms with E-state index in [1.165, 1.54) is 30.5 Å². The third-order valence-electron chi connectivity index (χ3n) is 6.64. The minimum atomic E-state index is -3.74. The van der Waals surface area contributed by atoms with Crippen LogP contribution in [0.4, 0.5) is 11.4 Å². The summed E-state index contributed by atoms with van der Waals surface area (Å²) in [6.45, 7) is 9.18. The first-order valence-corrected chi connectivity index (χ1v) is 13.5. The molecule has 3 aromatic rings. The Kier molecular flexibility index (Phi) is 7.57. The molecule has 4 rings (SSSR count). The molecule has 6 nitrogen and oxygen atoms in total. The third-order valence-corrected chi connectivity index (χ3v) is 8.00. The van der Waals surface area contributed by atoms with E-state index in [0.717, 1.165) is 36.7 Å². The topological polar surface area (TPSA) is 78.5 Å². The summed E-state index contributed by atoms with van der Waals surface area (Å²) in [6, 6.07) is 19.5.